The summed E-state index contributed by atoms with van der Waals surface area (Å²) in [7, 11) is 0. The van der Waals surface area contributed by atoms with Gasteiger partial charge in [0.05, 0.1) is 23.0 Å². The van der Waals surface area contributed by atoms with Gasteiger partial charge in [-0.15, -0.1) is 0 Å². The van der Waals surface area contributed by atoms with E-state index in [1.165, 1.54) is 0 Å². The lowest BCUT2D eigenvalue weighted by Gasteiger charge is -2.22. The van der Waals surface area contributed by atoms with E-state index in [-0.39, 0.29) is 0 Å². The molecule has 3 heteroatoms. The van der Waals surface area contributed by atoms with Gasteiger partial charge in [-0.2, -0.15) is 5.26 Å². The second kappa shape index (κ2) is 5.41. The topological polar surface area (TPSA) is 61.8 Å². The monoisotopic (exact) mass is 217 g/mol. The van der Waals surface area contributed by atoms with E-state index in [0.717, 1.165) is 12.1 Å². The van der Waals surface area contributed by atoms with E-state index in [9.17, 15) is 0 Å². The maximum Gasteiger partial charge on any atom is 0.0992 e. The molecule has 0 aromatic heterocycles. The summed E-state index contributed by atoms with van der Waals surface area (Å²) in [6.45, 7) is 6.51. The van der Waals surface area contributed by atoms with Crippen LogP contribution in [-0.2, 0) is 0 Å². The molecule has 1 atom stereocenters. The van der Waals surface area contributed by atoms with Crippen LogP contribution < -0.4 is 11.1 Å². The van der Waals surface area contributed by atoms with E-state index in [2.05, 4.69) is 32.2 Å². The molecular weight excluding hydrogens is 198 g/mol. The van der Waals surface area contributed by atoms with Gasteiger partial charge in [-0.25, -0.2) is 0 Å². The Kier molecular flexibility index (Phi) is 4.19. The van der Waals surface area contributed by atoms with Crippen molar-refractivity contribution in [1.29, 1.82) is 5.26 Å². The lowest BCUT2D eigenvalue weighted by molar-refractivity contribution is 0.511. The Hall–Kier alpha value is -1.69. The van der Waals surface area contributed by atoms with Crippen LogP contribution in [-0.4, -0.2) is 6.04 Å². The molecule has 0 fully saturated rings. The molecule has 3 nitrogen and oxygen atoms in total. The largest absolute Gasteiger partial charge is 0.397 e. The van der Waals surface area contributed by atoms with Gasteiger partial charge >= 0.3 is 0 Å². The SMILES string of the molecule is CCC(Nc1ccc(C#N)cc1N)C(C)C. The zero-order valence-corrected chi connectivity index (χ0v) is 10.1. The van der Waals surface area contributed by atoms with Crippen molar-refractivity contribution in [3.63, 3.8) is 0 Å². The molecule has 0 aliphatic carbocycles. The third kappa shape index (κ3) is 2.90. The van der Waals surface area contributed by atoms with Crippen LogP contribution in [0.1, 0.15) is 32.8 Å². The molecule has 0 heterocycles. The van der Waals surface area contributed by atoms with Gasteiger partial charge in [-0.05, 0) is 30.5 Å². The van der Waals surface area contributed by atoms with Crippen molar-refractivity contribution in [2.24, 2.45) is 5.92 Å². The van der Waals surface area contributed by atoms with Crippen LogP contribution in [0.25, 0.3) is 0 Å². The summed E-state index contributed by atoms with van der Waals surface area (Å²) >= 11 is 0. The zero-order valence-electron chi connectivity index (χ0n) is 10.1. The predicted octanol–water partition coefficient (Wildman–Crippen LogP) is 2.99. The van der Waals surface area contributed by atoms with Gasteiger partial charge in [0.2, 0.25) is 0 Å². The Morgan fingerprint density at radius 2 is 2.12 bits per heavy atom. The lowest BCUT2D eigenvalue weighted by Crippen LogP contribution is -2.25. The minimum Gasteiger partial charge on any atom is -0.397 e. The summed E-state index contributed by atoms with van der Waals surface area (Å²) in [5, 5.41) is 12.2. The Morgan fingerprint density at radius 1 is 1.44 bits per heavy atom. The number of anilines is 2. The van der Waals surface area contributed by atoms with Crippen LogP contribution >= 0.6 is 0 Å². The molecule has 0 amide bonds. The Morgan fingerprint density at radius 3 is 2.56 bits per heavy atom. The highest BCUT2D eigenvalue weighted by atomic mass is 14.9. The van der Waals surface area contributed by atoms with E-state index in [0.29, 0.717) is 23.2 Å². The normalized spacial score (nSPS) is 12.2. The van der Waals surface area contributed by atoms with Crippen LogP contribution in [0.15, 0.2) is 18.2 Å². The smallest absolute Gasteiger partial charge is 0.0992 e. The van der Waals surface area contributed by atoms with Crippen molar-refractivity contribution < 1.29 is 0 Å². The van der Waals surface area contributed by atoms with Gasteiger partial charge in [0, 0.05) is 6.04 Å². The molecule has 0 aliphatic heterocycles. The molecule has 0 spiro atoms. The van der Waals surface area contributed by atoms with Crippen LogP contribution in [0.4, 0.5) is 11.4 Å². The average molecular weight is 217 g/mol. The molecular formula is C13H19N3. The molecule has 3 N–H and O–H groups in total. The summed E-state index contributed by atoms with van der Waals surface area (Å²) in [5.74, 6) is 0.556. The third-order valence-electron chi connectivity index (χ3n) is 2.77. The van der Waals surface area contributed by atoms with Gasteiger partial charge in [0.25, 0.3) is 0 Å². The Labute approximate surface area is 97.3 Å². The fraction of sp³-hybridized carbons (Fsp3) is 0.462. The fourth-order valence-corrected chi connectivity index (χ4v) is 1.70. The van der Waals surface area contributed by atoms with Gasteiger partial charge in [-0.1, -0.05) is 20.8 Å². The molecule has 0 bridgehead atoms. The Bertz CT molecular complexity index is 391. The standard InChI is InChI=1S/C13H19N3/c1-4-12(9(2)3)16-13-6-5-10(8-14)7-11(13)15/h5-7,9,12,16H,4,15H2,1-3H3. The highest BCUT2D eigenvalue weighted by Gasteiger charge is 2.11. The van der Waals surface area contributed by atoms with Gasteiger partial charge in [-0.3, -0.25) is 0 Å². The molecule has 0 saturated carbocycles. The molecule has 86 valence electrons. The number of nitrogens with zero attached hydrogens (tertiary/aromatic N) is 1. The van der Waals surface area contributed by atoms with Crippen LogP contribution in [0.2, 0.25) is 0 Å². The van der Waals surface area contributed by atoms with Crippen molar-refractivity contribution >= 4 is 11.4 Å². The number of hydrogen-bond donors (Lipinski definition) is 2. The summed E-state index contributed by atoms with van der Waals surface area (Å²) in [6, 6.07) is 7.85. The van der Waals surface area contributed by atoms with Crippen molar-refractivity contribution in [2.75, 3.05) is 11.1 Å². The van der Waals surface area contributed by atoms with E-state index < -0.39 is 0 Å². The molecule has 1 rings (SSSR count). The van der Waals surface area contributed by atoms with Crippen LogP contribution in [0, 0.1) is 17.2 Å². The van der Waals surface area contributed by atoms with E-state index in [1.54, 1.807) is 12.1 Å². The van der Waals surface area contributed by atoms with E-state index >= 15 is 0 Å². The first-order valence-electron chi connectivity index (χ1n) is 5.64. The average Bonchev–Trinajstić information content (AvgIpc) is 2.26. The molecule has 1 unspecified atom stereocenters. The highest BCUT2D eigenvalue weighted by molar-refractivity contribution is 5.68. The van der Waals surface area contributed by atoms with Crippen molar-refractivity contribution in [2.45, 2.75) is 33.2 Å². The van der Waals surface area contributed by atoms with E-state index in [1.807, 2.05) is 6.07 Å². The van der Waals surface area contributed by atoms with E-state index in [4.69, 9.17) is 11.0 Å². The molecule has 0 saturated heterocycles. The zero-order chi connectivity index (χ0) is 12.1. The van der Waals surface area contributed by atoms with Crippen molar-refractivity contribution in [1.82, 2.24) is 0 Å². The molecule has 1 aromatic carbocycles. The molecule has 0 radical (unpaired) electrons. The summed E-state index contributed by atoms with van der Waals surface area (Å²) in [6.07, 6.45) is 1.05. The second-order valence-electron chi connectivity index (χ2n) is 4.32. The first kappa shape index (κ1) is 12.4. The molecule has 1 aromatic rings. The van der Waals surface area contributed by atoms with Gasteiger partial charge < -0.3 is 11.1 Å². The maximum absolute atomic E-state index is 8.74. The van der Waals surface area contributed by atoms with Crippen LogP contribution in [0.5, 0.6) is 0 Å². The number of nitrogen functional groups attached to an aromatic ring is 1. The third-order valence-corrected chi connectivity index (χ3v) is 2.77. The predicted molar refractivity (Wildman–Crippen MR) is 68.1 cm³/mol. The number of nitrogens with two attached hydrogens (primary N) is 1. The fourth-order valence-electron chi connectivity index (χ4n) is 1.70. The number of nitrogens with one attached hydrogen (secondary N) is 1. The van der Waals surface area contributed by atoms with Crippen LogP contribution in [0.3, 0.4) is 0 Å². The molecule has 16 heavy (non-hydrogen) atoms. The first-order chi connectivity index (χ1) is 7.58. The first-order valence-corrected chi connectivity index (χ1v) is 5.64. The second-order valence-corrected chi connectivity index (χ2v) is 4.32. The van der Waals surface area contributed by atoms with Gasteiger partial charge in [0.15, 0.2) is 0 Å². The molecule has 0 aliphatic rings. The minimum absolute atomic E-state index is 0.412. The number of benzene rings is 1. The number of rotatable bonds is 4. The highest BCUT2D eigenvalue weighted by Crippen LogP contribution is 2.22. The number of hydrogen-bond acceptors (Lipinski definition) is 3. The lowest BCUT2D eigenvalue weighted by atomic mass is 10.0. The summed E-state index contributed by atoms with van der Waals surface area (Å²) in [5.41, 5.74) is 8.04. The maximum atomic E-state index is 8.74. The number of nitriles is 1. The summed E-state index contributed by atoms with van der Waals surface area (Å²) < 4.78 is 0. The minimum atomic E-state index is 0.412. The van der Waals surface area contributed by atoms with Crippen molar-refractivity contribution in [3.8, 4) is 6.07 Å². The van der Waals surface area contributed by atoms with Crippen molar-refractivity contribution in [3.05, 3.63) is 23.8 Å². The quantitative estimate of drug-likeness (QED) is 0.762. The summed E-state index contributed by atoms with van der Waals surface area (Å²) in [4.78, 5) is 0. The Balaban J connectivity index is 2.86. The van der Waals surface area contributed by atoms with Gasteiger partial charge in [0.1, 0.15) is 0 Å².